The number of nitrogens with two attached hydrogens (primary N) is 1. The summed E-state index contributed by atoms with van der Waals surface area (Å²) in [5.74, 6) is -0.237. The van der Waals surface area contributed by atoms with Gasteiger partial charge >= 0.3 is 0 Å². The van der Waals surface area contributed by atoms with E-state index in [1.54, 1.807) is 17.6 Å². The van der Waals surface area contributed by atoms with E-state index in [0.717, 1.165) is 27.3 Å². The van der Waals surface area contributed by atoms with E-state index in [-0.39, 0.29) is 11.9 Å². The number of benzene rings is 2. The normalized spacial score (nSPS) is 15.6. The minimum Gasteiger partial charge on any atom is -0.403 e. The first kappa shape index (κ1) is 21.3. The Morgan fingerprint density at radius 2 is 1.97 bits per heavy atom. The van der Waals surface area contributed by atoms with Gasteiger partial charge in [-0.2, -0.15) is 0 Å². The van der Waals surface area contributed by atoms with E-state index in [0.29, 0.717) is 17.8 Å². The molecule has 0 fully saturated rings. The number of nitrogens with zero attached hydrogens (tertiary/aromatic N) is 1. The van der Waals surface area contributed by atoms with Crippen LogP contribution in [0.25, 0.3) is 5.57 Å². The monoisotopic (exact) mass is 441 g/mol. The Morgan fingerprint density at radius 1 is 1.16 bits per heavy atom. The number of thiophene rings is 1. The van der Waals surface area contributed by atoms with Crippen molar-refractivity contribution in [2.45, 2.75) is 12.6 Å². The third-order valence-corrected chi connectivity index (χ3v) is 6.00. The third kappa shape index (κ3) is 4.84. The standard InChI is InChI=1S/C25H23N5OS/c26-13-17-7-9-18(10-8-17)15-28-16-19(14-27)29-25(31)21-12-23(24-6-3-11-32-24)30-22-5-2-1-4-20(21)22/h1-14,16,23,26,30H,15,27H2,(H,29,31). The molecular formula is C25H23N5OS. The van der Waals surface area contributed by atoms with Gasteiger partial charge in [0.2, 0.25) is 0 Å². The number of hydrogen-bond acceptors (Lipinski definition) is 6. The predicted octanol–water partition coefficient (Wildman–Crippen LogP) is 4.48. The molecule has 0 bridgehead atoms. The molecule has 1 amide bonds. The van der Waals surface area contributed by atoms with Crippen LogP contribution in [0.3, 0.4) is 0 Å². The quantitative estimate of drug-likeness (QED) is 0.406. The predicted molar refractivity (Wildman–Crippen MR) is 132 cm³/mol. The minimum atomic E-state index is -0.237. The van der Waals surface area contributed by atoms with Crippen molar-refractivity contribution in [1.29, 1.82) is 5.41 Å². The zero-order chi connectivity index (χ0) is 22.3. The number of para-hydroxylation sites is 1. The summed E-state index contributed by atoms with van der Waals surface area (Å²) in [6.45, 7) is 0.446. The van der Waals surface area contributed by atoms with Crippen LogP contribution in [0, 0.1) is 5.41 Å². The number of carbonyl (C=O) groups is 1. The molecule has 1 atom stereocenters. The molecule has 7 heteroatoms. The van der Waals surface area contributed by atoms with Crippen molar-refractivity contribution in [3.8, 4) is 0 Å². The summed E-state index contributed by atoms with van der Waals surface area (Å²) in [4.78, 5) is 18.7. The van der Waals surface area contributed by atoms with Crippen LogP contribution in [0.5, 0.6) is 0 Å². The first-order chi connectivity index (χ1) is 15.7. The van der Waals surface area contributed by atoms with Crippen LogP contribution < -0.4 is 16.4 Å². The Balaban J connectivity index is 1.49. The highest BCUT2D eigenvalue weighted by Crippen LogP contribution is 2.36. The van der Waals surface area contributed by atoms with Gasteiger partial charge in [-0.15, -0.1) is 11.3 Å². The van der Waals surface area contributed by atoms with E-state index in [4.69, 9.17) is 11.1 Å². The molecule has 1 unspecified atom stereocenters. The van der Waals surface area contributed by atoms with Crippen LogP contribution in [-0.2, 0) is 11.3 Å². The molecule has 3 aromatic rings. The van der Waals surface area contributed by atoms with Gasteiger partial charge in [0.05, 0.1) is 18.3 Å². The molecule has 2 heterocycles. The molecule has 0 spiro atoms. The van der Waals surface area contributed by atoms with Crippen LogP contribution >= 0.6 is 11.3 Å². The van der Waals surface area contributed by atoms with Gasteiger partial charge in [0.1, 0.15) is 0 Å². The maximum absolute atomic E-state index is 13.2. The largest absolute Gasteiger partial charge is 0.403 e. The number of hydrogen-bond donors (Lipinski definition) is 4. The number of aliphatic imine (C=N–C) groups is 1. The van der Waals surface area contributed by atoms with Crippen LogP contribution in [0.4, 0.5) is 5.69 Å². The first-order valence-corrected chi connectivity index (χ1v) is 11.0. The van der Waals surface area contributed by atoms with E-state index in [1.165, 1.54) is 12.4 Å². The summed E-state index contributed by atoms with van der Waals surface area (Å²) < 4.78 is 0. The molecule has 4 rings (SSSR count). The molecule has 5 N–H and O–H groups in total. The highest BCUT2D eigenvalue weighted by molar-refractivity contribution is 7.10. The fourth-order valence-corrected chi connectivity index (χ4v) is 4.16. The molecule has 1 aromatic heterocycles. The maximum atomic E-state index is 13.2. The second kappa shape index (κ2) is 9.89. The van der Waals surface area contributed by atoms with Crippen LogP contribution in [0.1, 0.15) is 27.6 Å². The Hall–Kier alpha value is -3.97. The second-order valence-electron chi connectivity index (χ2n) is 7.20. The Labute approximate surface area is 190 Å². The molecular weight excluding hydrogens is 418 g/mol. The highest BCUT2D eigenvalue weighted by atomic mass is 32.1. The molecule has 2 aromatic carbocycles. The molecule has 0 saturated carbocycles. The van der Waals surface area contributed by atoms with Crippen LogP contribution in [0.2, 0.25) is 0 Å². The Bertz CT molecular complexity index is 1190. The number of fused-ring (bicyclic) bond motifs is 1. The molecule has 0 radical (unpaired) electrons. The summed E-state index contributed by atoms with van der Waals surface area (Å²) in [6.07, 6.45) is 6.14. The summed E-state index contributed by atoms with van der Waals surface area (Å²) in [5.41, 5.74) is 10.4. The maximum Gasteiger partial charge on any atom is 0.256 e. The van der Waals surface area contributed by atoms with Crippen molar-refractivity contribution < 1.29 is 4.79 Å². The molecule has 1 aliphatic heterocycles. The van der Waals surface area contributed by atoms with Crippen molar-refractivity contribution in [2.24, 2.45) is 10.7 Å². The van der Waals surface area contributed by atoms with Gasteiger partial charge in [-0.05, 0) is 34.7 Å². The molecule has 32 heavy (non-hydrogen) atoms. The lowest BCUT2D eigenvalue weighted by molar-refractivity contribution is -0.114. The number of amides is 1. The zero-order valence-corrected chi connectivity index (χ0v) is 18.1. The van der Waals surface area contributed by atoms with Gasteiger partial charge in [-0.25, -0.2) is 0 Å². The lowest BCUT2D eigenvalue weighted by atomic mass is 9.95. The Kier molecular flexibility index (Phi) is 6.57. The van der Waals surface area contributed by atoms with E-state index in [9.17, 15) is 4.79 Å². The average molecular weight is 442 g/mol. The van der Waals surface area contributed by atoms with Gasteiger partial charge in [0.25, 0.3) is 5.91 Å². The Morgan fingerprint density at radius 3 is 2.69 bits per heavy atom. The topological polar surface area (TPSA) is 103 Å². The molecule has 6 nitrogen and oxygen atoms in total. The number of rotatable bonds is 7. The lowest BCUT2D eigenvalue weighted by Crippen LogP contribution is -2.28. The highest BCUT2D eigenvalue weighted by Gasteiger charge is 2.24. The van der Waals surface area contributed by atoms with Gasteiger partial charge in [-0.3, -0.25) is 9.79 Å². The first-order valence-electron chi connectivity index (χ1n) is 10.1. The van der Waals surface area contributed by atoms with E-state index < -0.39 is 0 Å². The second-order valence-corrected chi connectivity index (χ2v) is 8.17. The fraction of sp³-hybridized carbons (Fsp3) is 0.0800. The summed E-state index contributed by atoms with van der Waals surface area (Å²) in [7, 11) is 0. The van der Waals surface area contributed by atoms with Gasteiger partial charge in [0.15, 0.2) is 0 Å². The summed E-state index contributed by atoms with van der Waals surface area (Å²) >= 11 is 1.64. The van der Waals surface area contributed by atoms with Crippen molar-refractivity contribution in [3.05, 3.63) is 106 Å². The van der Waals surface area contributed by atoms with E-state index >= 15 is 0 Å². The van der Waals surface area contributed by atoms with Crippen LogP contribution in [-0.4, -0.2) is 18.3 Å². The zero-order valence-electron chi connectivity index (χ0n) is 17.3. The average Bonchev–Trinajstić information content (AvgIpc) is 3.38. The van der Waals surface area contributed by atoms with Gasteiger partial charge in [-0.1, -0.05) is 48.5 Å². The lowest BCUT2D eigenvalue weighted by Gasteiger charge is -2.25. The van der Waals surface area contributed by atoms with Gasteiger partial charge in [0, 0.05) is 40.3 Å². The molecule has 0 aliphatic carbocycles. The number of carbonyl (C=O) groups excluding carboxylic acids is 1. The molecule has 1 aliphatic rings. The minimum absolute atomic E-state index is 0.0754. The van der Waals surface area contributed by atoms with E-state index in [2.05, 4.69) is 21.7 Å². The van der Waals surface area contributed by atoms with Crippen molar-refractivity contribution >= 4 is 40.9 Å². The smallest absolute Gasteiger partial charge is 0.256 e. The summed E-state index contributed by atoms with van der Waals surface area (Å²) in [6, 6.07) is 19.3. The van der Waals surface area contributed by atoms with Crippen molar-refractivity contribution in [1.82, 2.24) is 5.32 Å². The van der Waals surface area contributed by atoms with Crippen LogP contribution in [0.15, 0.2) is 89.0 Å². The molecule has 160 valence electrons. The van der Waals surface area contributed by atoms with Crippen molar-refractivity contribution in [3.63, 3.8) is 0 Å². The number of anilines is 1. The molecule has 0 saturated heterocycles. The van der Waals surface area contributed by atoms with Gasteiger partial charge < -0.3 is 21.8 Å². The number of allylic oxidation sites excluding steroid dienone is 1. The van der Waals surface area contributed by atoms with Crippen molar-refractivity contribution in [2.75, 3.05) is 5.32 Å². The third-order valence-electron chi connectivity index (χ3n) is 5.04. The fourth-order valence-electron chi connectivity index (χ4n) is 3.41. The van der Waals surface area contributed by atoms with E-state index in [1.807, 2.05) is 66.1 Å². The summed E-state index contributed by atoms with van der Waals surface area (Å²) in [5, 5.41) is 15.6. The number of nitrogens with one attached hydrogen (secondary N) is 3. The SMILES string of the molecule is N=Cc1ccc(CN=CC(=CN)NC(=O)C2=CC(c3cccs3)Nc3ccccc32)cc1.